The van der Waals surface area contributed by atoms with Crippen LogP contribution in [0, 0.1) is 12.8 Å². The van der Waals surface area contributed by atoms with Gasteiger partial charge in [-0.15, -0.1) is 11.3 Å². The average Bonchev–Trinajstić information content (AvgIpc) is 2.48. The number of carboxylic acid groups (broad SMARTS) is 1. The summed E-state index contributed by atoms with van der Waals surface area (Å²) >= 11 is 1.59. The zero-order chi connectivity index (χ0) is 12.1. The molecule has 0 fully saturated rings. The van der Waals surface area contributed by atoms with Gasteiger partial charge in [-0.05, 0) is 12.8 Å². The highest BCUT2D eigenvalue weighted by molar-refractivity contribution is 7.09. The molecule has 0 aliphatic carbocycles. The van der Waals surface area contributed by atoms with Crippen molar-refractivity contribution in [3.8, 4) is 0 Å². The molecule has 0 aromatic carbocycles. The second-order valence-corrected chi connectivity index (χ2v) is 5.28. The van der Waals surface area contributed by atoms with E-state index >= 15 is 0 Å². The summed E-state index contributed by atoms with van der Waals surface area (Å²) in [5.74, 6) is -0.325. The van der Waals surface area contributed by atoms with Crippen molar-refractivity contribution in [2.45, 2.75) is 27.3 Å². The molecule has 1 aromatic rings. The Morgan fingerprint density at radius 3 is 2.75 bits per heavy atom. The molecule has 0 aliphatic heterocycles. The van der Waals surface area contributed by atoms with Gasteiger partial charge in [-0.2, -0.15) is 0 Å². The topological polar surface area (TPSA) is 53.4 Å². The summed E-state index contributed by atoms with van der Waals surface area (Å²) in [6, 6.07) is 0. The van der Waals surface area contributed by atoms with Crippen LogP contribution in [-0.2, 0) is 11.3 Å². The molecule has 1 heterocycles. The zero-order valence-corrected chi connectivity index (χ0v) is 10.8. The third kappa shape index (κ3) is 4.72. The SMILES string of the molecule is Cc1csc(CN(CC(=O)O)CC(C)C)n1. The van der Waals surface area contributed by atoms with E-state index in [1.165, 1.54) is 0 Å². The summed E-state index contributed by atoms with van der Waals surface area (Å²) in [5, 5.41) is 11.8. The summed E-state index contributed by atoms with van der Waals surface area (Å²) < 4.78 is 0. The van der Waals surface area contributed by atoms with Crippen LogP contribution in [0.1, 0.15) is 24.5 Å². The number of aryl methyl sites for hydroxylation is 1. The highest BCUT2D eigenvalue weighted by Gasteiger charge is 2.13. The maximum absolute atomic E-state index is 10.7. The van der Waals surface area contributed by atoms with E-state index in [-0.39, 0.29) is 6.54 Å². The number of thiazole rings is 1. The molecule has 0 amide bonds. The van der Waals surface area contributed by atoms with Crippen LogP contribution >= 0.6 is 11.3 Å². The predicted molar refractivity (Wildman–Crippen MR) is 64.6 cm³/mol. The Morgan fingerprint density at radius 1 is 1.62 bits per heavy atom. The number of aromatic nitrogens is 1. The fourth-order valence-corrected chi connectivity index (χ4v) is 2.37. The molecule has 0 bridgehead atoms. The van der Waals surface area contributed by atoms with Gasteiger partial charge >= 0.3 is 5.97 Å². The molecular formula is C11H18N2O2S. The number of nitrogens with zero attached hydrogens (tertiary/aromatic N) is 2. The molecular weight excluding hydrogens is 224 g/mol. The zero-order valence-electron chi connectivity index (χ0n) is 9.93. The molecule has 0 saturated heterocycles. The van der Waals surface area contributed by atoms with Crippen LogP contribution in [0.5, 0.6) is 0 Å². The normalized spacial score (nSPS) is 11.3. The third-order valence-corrected chi connectivity index (χ3v) is 2.96. The number of carboxylic acids is 1. The van der Waals surface area contributed by atoms with E-state index in [0.29, 0.717) is 12.5 Å². The predicted octanol–water partition coefficient (Wildman–Crippen LogP) is 1.99. The largest absolute Gasteiger partial charge is 0.480 e. The van der Waals surface area contributed by atoms with Crippen molar-refractivity contribution >= 4 is 17.3 Å². The van der Waals surface area contributed by atoms with Crippen molar-refractivity contribution in [3.05, 3.63) is 16.1 Å². The molecule has 0 aliphatic rings. The molecule has 0 saturated carbocycles. The van der Waals surface area contributed by atoms with E-state index in [0.717, 1.165) is 17.2 Å². The fourth-order valence-electron chi connectivity index (χ4n) is 1.56. The van der Waals surface area contributed by atoms with Crippen molar-refractivity contribution in [1.29, 1.82) is 0 Å². The highest BCUT2D eigenvalue weighted by Crippen LogP contribution is 2.12. The minimum atomic E-state index is -0.783. The summed E-state index contributed by atoms with van der Waals surface area (Å²) in [6.07, 6.45) is 0. The summed E-state index contributed by atoms with van der Waals surface area (Å²) in [4.78, 5) is 17.0. The van der Waals surface area contributed by atoms with Crippen LogP contribution in [0.25, 0.3) is 0 Å². The Kier molecular flexibility index (Phi) is 4.89. The summed E-state index contributed by atoms with van der Waals surface area (Å²) in [5.41, 5.74) is 1.000. The molecule has 0 spiro atoms. The third-order valence-electron chi connectivity index (χ3n) is 2.01. The lowest BCUT2D eigenvalue weighted by Crippen LogP contribution is -2.32. The van der Waals surface area contributed by atoms with Gasteiger partial charge < -0.3 is 5.11 Å². The molecule has 1 aromatic heterocycles. The van der Waals surface area contributed by atoms with Crippen molar-refractivity contribution < 1.29 is 9.90 Å². The van der Waals surface area contributed by atoms with Gasteiger partial charge in [0.2, 0.25) is 0 Å². The molecule has 0 atom stereocenters. The van der Waals surface area contributed by atoms with Crippen LogP contribution in [0.4, 0.5) is 0 Å². The summed E-state index contributed by atoms with van der Waals surface area (Å²) in [7, 11) is 0. The standard InChI is InChI=1S/C11H18N2O2S/c1-8(2)4-13(6-11(14)15)5-10-12-9(3)7-16-10/h7-8H,4-6H2,1-3H3,(H,14,15). The van der Waals surface area contributed by atoms with E-state index < -0.39 is 5.97 Å². The van der Waals surface area contributed by atoms with Gasteiger partial charge in [-0.1, -0.05) is 13.8 Å². The highest BCUT2D eigenvalue weighted by atomic mass is 32.1. The first-order chi connectivity index (χ1) is 7.47. The Labute approximate surface area is 99.9 Å². The van der Waals surface area contributed by atoms with E-state index in [4.69, 9.17) is 5.11 Å². The number of hydrogen-bond donors (Lipinski definition) is 1. The number of carbonyl (C=O) groups is 1. The minimum Gasteiger partial charge on any atom is -0.480 e. The van der Waals surface area contributed by atoms with Crippen molar-refractivity contribution in [1.82, 2.24) is 9.88 Å². The smallest absolute Gasteiger partial charge is 0.317 e. The second-order valence-electron chi connectivity index (χ2n) is 4.34. The fraction of sp³-hybridized carbons (Fsp3) is 0.636. The Hall–Kier alpha value is -0.940. The Morgan fingerprint density at radius 2 is 2.31 bits per heavy atom. The van der Waals surface area contributed by atoms with Crippen molar-refractivity contribution in [2.75, 3.05) is 13.1 Å². The molecule has 16 heavy (non-hydrogen) atoms. The van der Waals surface area contributed by atoms with Gasteiger partial charge in [0.15, 0.2) is 0 Å². The number of hydrogen-bond acceptors (Lipinski definition) is 4. The van der Waals surface area contributed by atoms with E-state index in [2.05, 4.69) is 18.8 Å². The van der Waals surface area contributed by atoms with Crippen LogP contribution in [0.15, 0.2) is 5.38 Å². The Bertz CT molecular complexity index is 350. The van der Waals surface area contributed by atoms with Crippen molar-refractivity contribution in [3.63, 3.8) is 0 Å². The van der Waals surface area contributed by atoms with Crippen molar-refractivity contribution in [2.24, 2.45) is 5.92 Å². The lowest BCUT2D eigenvalue weighted by Gasteiger charge is -2.20. The van der Waals surface area contributed by atoms with Crippen LogP contribution in [0.2, 0.25) is 0 Å². The van der Waals surface area contributed by atoms with E-state index in [1.54, 1.807) is 11.3 Å². The van der Waals surface area contributed by atoms with Gasteiger partial charge in [0.05, 0.1) is 13.1 Å². The maximum atomic E-state index is 10.7. The van der Waals surface area contributed by atoms with E-state index in [1.807, 2.05) is 17.2 Å². The quantitative estimate of drug-likeness (QED) is 0.829. The Balaban J connectivity index is 2.58. The first-order valence-corrected chi connectivity index (χ1v) is 6.20. The average molecular weight is 242 g/mol. The molecule has 90 valence electrons. The van der Waals surface area contributed by atoms with Crippen LogP contribution in [0.3, 0.4) is 0 Å². The summed E-state index contributed by atoms with van der Waals surface area (Å²) in [6.45, 7) is 7.61. The van der Waals surface area contributed by atoms with Gasteiger partial charge in [0.25, 0.3) is 0 Å². The molecule has 0 radical (unpaired) electrons. The van der Waals surface area contributed by atoms with Gasteiger partial charge in [0.1, 0.15) is 5.01 Å². The molecule has 1 rings (SSSR count). The number of aliphatic carboxylic acids is 1. The molecule has 1 N–H and O–H groups in total. The molecule has 0 unspecified atom stereocenters. The minimum absolute atomic E-state index is 0.0802. The number of rotatable bonds is 6. The van der Waals surface area contributed by atoms with E-state index in [9.17, 15) is 4.79 Å². The lowest BCUT2D eigenvalue weighted by atomic mass is 10.2. The van der Waals surface area contributed by atoms with Crippen LogP contribution < -0.4 is 0 Å². The van der Waals surface area contributed by atoms with Gasteiger partial charge in [0, 0.05) is 17.6 Å². The monoisotopic (exact) mass is 242 g/mol. The first kappa shape index (κ1) is 13.1. The molecule has 5 heteroatoms. The molecule has 4 nitrogen and oxygen atoms in total. The second kappa shape index (κ2) is 5.96. The van der Waals surface area contributed by atoms with Gasteiger partial charge in [-0.25, -0.2) is 4.98 Å². The lowest BCUT2D eigenvalue weighted by molar-refractivity contribution is -0.138. The van der Waals surface area contributed by atoms with Crippen LogP contribution in [-0.4, -0.2) is 34.0 Å². The van der Waals surface area contributed by atoms with Gasteiger partial charge in [-0.3, -0.25) is 9.69 Å². The first-order valence-electron chi connectivity index (χ1n) is 5.32. The maximum Gasteiger partial charge on any atom is 0.317 e.